The van der Waals surface area contributed by atoms with Crippen molar-refractivity contribution in [2.24, 2.45) is 0 Å². The summed E-state index contributed by atoms with van der Waals surface area (Å²) in [4.78, 5) is 32.5. The average Bonchev–Trinajstić information content (AvgIpc) is 2.36. The van der Waals surface area contributed by atoms with Gasteiger partial charge in [-0.25, -0.2) is 0 Å². The largest absolute Gasteiger partial charge is 0.480 e. The Hall–Kier alpha value is -1.39. The van der Waals surface area contributed by atoms with E-state index in [0.29, 0.717) is 0 Å². The maximum atomic E-state index is 11.0. The second kappa shape index (κ2) is 7.92. The molecule has 0 aliphatic heterocycles. The van der Waals surface area contributed by atoms with Gasteiger partial charge in [0.25, 0.3) is 0 Å². The fourth-order valence-corrected chi connectivity index (χ4v) is 1.32. The van der Waals surface area contributed by atoms with E-state index in [4.69, 9.17) is 15.3 Å². The van der Waals surface area contributed by atoms with Crippen LogP contribution in [0.4, 0.5) is 0 Å². The zero-order valence-corrected chi connectivity index (χ0v) is 10.1. The lowest BCUT2D eigenvalue weighted by molar-refractivity contribution is -0.144. The number of carbonyl (C=O) groups excluding carboxylic acids is 2. The normalized spacial score (nSPS) is 19.0. The van der Waals surface area contributed by atoms with Gasteiger partial charge in [-0.3, -0.25) is 14.9 Å². The zero-order valence-electron chi connectivity index (χ0n) is 10.1. The van der Waals surface area contributed by atoms with E-state index in [1.807, 2.05) is 5.32 Å². The fraction of sp³-hybridized carbons (Fsp3) is 0.700. The summed E-state index contributed by atoms with van der Waals surface area (Å²) in [7, 11) is 0. The van der Waals surface area contributed by atoms with Gasteiger partial charge in [0.2, 0.25) is 0 Å². The molecule has 1 unspecified atom stereocenters. The molecule has 0 aromatic carbocycles. The first kappa shape index (κ1) is 17.6. The van der Waals surface area contributed by atoms with E-state index in [9.17, 15) is 24.6 Å². The number of ketones is 1. The lowest BCUT2D eigenvalue weighted by atomic mass is 10.0. The topological polar surface area (TPSA) is 164 Å². The first-order valence-electron chi connectivity index (χ1n) is 5.35. The maximum Gasteiger partial charge on any atom is 0.328 e. The van der Waals surface area contributed by atoms with Gasteiger partial charge in [-0.1, -0.05) is 0 Å². The maximum absolute atomic E-state index is 11.0. The molecule has 0 amide bonds. The molecule has 0 heterocycles. The number of carboxylic acids is 1. The number of aldehydes is 1. The number of Topliss-reactive ketones (excluding diaryl/α,β-unsaturated/α-hetero) is 1. The molecule has 9 heteroatoms. The number of carboxylic acid groups (broad SMARTS) is 1. The highest BCUT2D eigenvalue weighted by molar-refractivity contribution is 6.01. The molecule has 9 nitrogen and oxygen atoms in total. The molecule has 0 saturated heterocycles. The Kier molecular flexibility index (Phi) is 7.34. The van der Waals surface area contributed by atoms with Gasteiger partial charge in [0.15, 0.2) is 11.8 Å². The average molecular weight is 279 g/mol. The summed E-state index contributed by atoms with van der Waals surface area (Å²) in [5.74, 6) is -2.35. The summed E-state index contributed by atoms with van der Waals surface area (Å²) < 4.78 is 0. The molecule has 0 fully saturated rings. The van der Waals surface area contributed by atoms with E-state index in [0.717, 1.165) is 6.92 Å². The van der Waals surface area contributed by atoms with Crippen LogP contribution in [0.1, 0.15) is 6.92 Å². The summed E-state index contributed by atoms with van der Waals surface area (Å²) in [6, 6.07) is -3.33. The predicted molar refractivity (Wildman–Crippen MR) is 60.2 cm³/mol. The van der Waals surface area contributed by atoms with Gasteiger partial charge >= 0.3 is 5.97 Å². The fourth-order valence-electron chi connectivity index (χ4n) is 1.32. The number of aliphatic hydroxyl groups excluding tert-OH is 4. The predicted octanol–water partition coefficient (Wildman–Crippen LogP) is -3.74. The Morgan fingerprint density at radius 2 is 1.74 bits per heavy atom. The van der Waals surface area contributed by atoms with Gasteiger partial charge in [-0.15, -0.1) is 0 Å². The van der Waals surface area contributed by atoms with Crippen LogP contribution in [-0.2, 0) is 14.4 Å². The summed E-state index contributed by atoms with van der Waals surface area (Å²) in [6.07, 6.45) is -5.38. The molecular formula is C10H17NO8. The Labute approximate surface area is 108 Å². The molecule has 0 rings (SSSR count). The van der Waals surface area contributed by atoms with Crippen LogP contribution < -0.4 is 5.32 Å². The first-order chi connectivity index (χ1) is 8.76. The van der Waals surface area contributed by atoms with Crippen molar-refractivity contribution in [1.29, 1.82) is 0 Å². The highest BCUT2D eigenvalue weighted by Gasteiger charge is 2.34. The third-order valence-corrected chi connectivity index (χ3v) is 2.46. The zero-order chi connectivity index (χ0) is 15.2. The summed E-state index contributed by atoms with van der Waals surface area (Å²) in [6.45, 7) is 0.109. The number of aliphatic hydroxyl groups is 4. The van der Waals surface area contributed by atoms with E-state index in [1.54, 1.807) is 0 Å². The molecule has 19 heavy (non-hydrogen) atoms. The minimum Gasteiger partial charge on any atom is -0.480 e. The smallest absolute Gasteiger partial charge is 0.328 e. The minimum absolute atomic E-state index is 0.0941. The number of nitrogens with one attached hydrogen (secondary N) is 1. The van der Waals surface area contributed by atoms with Crippen molar-refractivity contribution in [3.05, 3.63) is 0 Å². The van der Waals surface area contributed by atoms with Gasteiger partial charge in [-0.2, -0.15) is 0 Å². The molecule has 6 N–H and O–H groups in total. The summed E-state index contributed by atoms with van der Waals surface area (Å²) >= 11 is 0. The lowest BCUT2D eigenvalue weighted by Crippen LogP contribution is -2.57. The molecule has 0 aromatic heterocycles. The SMILES string of the molecule is CC(=O)C(N[C@@H](C=O)[C@@H](O)[C@H](O)[C@H](O)CO)C(=O)O. The van der Waals surface area contributed by atoms with Crippen LogP contribution in [0.5, 0.6) is 0 Å². The first-order valence-corrected chi connectivity index (χ1v) is 5.35. The summed E-state index contributed by atoms with van der Waals surface area (Å²) in [5, 5.41) is 47.4. The monoisotopic (exact) mass is 279 g/mol. The number of aliphatic carboxylic acids is 1. The quantitative estimate of drug-likeness (QED) is 0.184. The van der Waals surface area contributed by atoms with Crippen LogP contribution in [-0.4, -0.2) is 80.6 Å². The second-order valence-corrected chi connectivity index (χ2v) is 3.94. The Morgan fingerprint density at radius 1 is 1.21 bits per heavy atom. The van der Waals surface area contributed by atoms with Crippen molar-refractivity contribution >= 4 is 18.0 Å². The van der Waals surface area contributed by atoms with E-state index < -0.39 is 48.8 Å². The van der Waals surface area contributed by atoms with E-state index in [2.05, 4.69) is 0 Å². The molecule has 0 aromatic rings. The molecule has 0 radical (unpaired) electrons. The van der Waals surface area contributed by atoms with Gasteiger partial charge < -0.3 is 30.3 Å². The van der Waals surface area contributed by atoms with Crippen molar-refractivity contribution in [2.75, 3.05) is 6.61 Å². The van der Waals surface area contributed by atoms with Gasteiger partial charge in [0, 0.05) is 0 Å². The molecule has 0 bridgehead atoms. The minimum atomic E-state index is -1.89. The van der Waals surface area contributed by atoms with Crippen LogP contribution >= 0.6 is 0 Å². The highest BCUT2D eigenvalue weighted by Crippen LogP contribution is 2.05. The number of hydrogen-bond acceptors (Lipinski definition) is 8. The number of rotatable bonds is 9. The van der Waals surface area contributed by atoms with Gasteiger partial charge in [-0.05, 0) is 6.92 Å². The van der Waals surface area contributed by atoms with Crippen molar-refractivity contribution in [2.45, 2.75) is 37.3 Å². The number of carbonyl (C=O) groups is 3. The van der Waals surface area contributed by atoms with Crippen molar-refractivity contribution < 1.29 is 39.9 Å². The van der Waals surface area contributed by atoms with Crippen LogP contribution in [0.3, 0.4) is 0 Å². The molecule has 0 aliphatic rings. The Morgan fingerprint density at radius 3 is 2.05 bits per heavy atom. The van der Waals surface area contributed by atoms with Crippen molar-refractivity contribution in [1.82, 2.24) is 5.32 Å². The Bertz CT molecular complexity index is 319. The molecule has 0 saturated carbocycles. The standard InChI is InChI=1S/C10H17NO8/c1-4(14)7(10(18)19)11-5(2-12)8(16)9(17)6(15)3-13/h2,5-9,11,13,15-17H,3H2,1H3,(H,18,19)/t5-,6+,7?,8+,9+/m0/s1. The number of hydrogen-bond donors (Lipinski definition) is 6. The van der Waals surface area contributed by atoms with Crippen LogP contribution in [0.15, 0.2) is 0 Å². The molecular weight excluding hydrogens is 262 g/mol. The summed E-state index contributed by atoms with van der Waals surface area (Å²) in [5.41, 5.74) is 0. The van der Waals surface area contributed by atoms with Gasteiger partial charge in [0.1, 0.15) is 24.6 Å². The van der Waals surface area contributed by atoms with Crippen molar-refractivity contribution in [3.63, 3.8) is 0 Å². The molecule has 0 aliphatic carbocycles. The lowest BCUT2D eigenvalue weighted by Gasteiger charge is -2.27. The molecule has 0 spiro atoms. The third-order valence-electron chi connectivity index (χ3n) is 2.46. The third kappa shape index (κ3) is 5.01. The van der Waals surface area contributed by atoms with Crippen LogP contribution in [0.2, 0.25) is 0 Å². The van der Waals surface area contributed by atoms with Gasteiger partial charge in [0.05, 0.1) is 12.6 Å². The van der Waals surface area contributed by atoms with E-state index in [-0.39, 0.29) is 6.29 Å². The van der Waals surface area contributed by atoms with E-state index >= 15 is 0 Å². The second-order valence-electron chi connectivity index (χ2n) is 3.94. The molecule has 110 valence electrons. The highest BCUT2D eigenvalue weighted by atomic mass is 16.4. The van der Waals surface area contributed by atoms with Crippen LogP contribution in [0, 0.1) is 0 Å². The van der Waals surface area contributed by atoms with E-state index in [1.165, 1.54) is 0 Å². The molecule has 5 atom stereocenters. The Balaban J connectivity index is 4.86. The van der Waals surface area contributed by atoms with Crippen molar-refractivity contribution in [3.8, 4) is 0 Å². The van der Waals surface area contributed by atoms with Crippen LogP contribution in [0.25, 0.3) is 0 Å².